The van der Waals surface area contributed by atoms with E-state index in [-0.39, 0.29) is 5.91 Å². The lowest BCUT2D eigenvalue weighted by atomic mass is 10.2. The van der Waals surface area contributed by atoms with Crippen LogP contribution < -0.4 is 20.1 Å². The number of methoxy groups -OCH3 is 2. The fourth-order valence-electron chi connectivity index (χ4n) is 1.96. The van der Waals surface area contributed by atoms with Crippen LogP contribution in [0.5, 0.6) is 11.5 Å². The van der Waals surface area contributed by atoms with Crippen molar-refractivity contribution in [1.29, 1.82) is 0 Å². The van der Waals surface area contributed by atoms with E-state index in [1.165, 1.54) is 6.20 Å². The standard InChI is InChI=1S/C17H19N3O3/c1-4-7-19-13-8-12(10-18-11-13)17(21)20-15-9-14(22-2)5-6-16(15)23-3/h4-6,8-11,19H,1,7H2,2-3H3,(H,20,21). The van der Waals surface area contributed by atoms with Crippen molar-refractivity contribution in [1.82, 2.24) is 4.98 Å². The maximum Gasteiger partial charge on any atom is 0.257 e. The monoisotopic (exact) mass is 313 g/mol. The van der Waals surface area contributed by atoms with E-state index in [0.29, 0.717) is 29.3 Å². The first kappa shape index (κ1) is 16.4. The van der Waals surface area contributed by atoms with E-state index in [1.807, 2.05) is 0 Å². The molecule has 0 aliphatic rings. The zero-order chi connectivity index (χ0) is 16.7. The molecule has 1 aromatic carbocycles. The highest BCUT2D eigenvalue weighted by Gasteiger charge is 2.12. The van der Waals surface area contributed by atoms with Gasteiger partial charge in [0.1, 0.15) is 11.5 Å². The van der Waals surface area contributed by atoms with E-state index in [4.69, 9.17) is 9.47 Å². The number of carbonyl (C=O) groups is 1. The predicted molar refractivity (Wildman–Crippen MR) is 90.4 cm³/mol. The van der Waals surface area contributed by atoms with Crippen LogP contribution >= 0.6 is 0 Å². The van der Waals surface area contributed by atoms with Crippen LogP contribution in [0, 0.1) is 0 Å². The van der Waals surface area contributed by atoms with Crippen LogP contribution in [0.15, 0.2) is 49.3 Å². The summed E-state index contributed by atoms with van der Waals surface area (Å²) in [4.78, 5) is 16.5. The van der Waals surface area contributed by atoms with Crippen LogP contribution in [0.25, 0.3) is 0 Å². The topological polar surface area (TPSA) is 72.5 Å². The van der Waals surface area contributed by atoms with Crippen molar-refractivity contribution in [2.45, 2.75) is 0 Å². The van der Waals surface area contributed by atoms with Gasteiger partial charge in [0.05, 0.1) is 31.2 Å². The molecule has 0 saturated carbocycles. The lowest BCUT2D eigenvalue weighted by Gasteiger charge is -2.12. The van der Waals surface area contributed by atoms with Crippen molar-refractivity contribution < 1.29 is 14.3 Å². The minimum Gasteiger partial charge on any atom is -0.497 e. The molecule has 23 heavy (non-hydrogen) atoms. The van der Waals surface area contributed by atoms with Gasteiger partial charge in [-0.1, -0.05) is 6.08 Å². The van der Waals surface area contributed by atoms with Crippen LogP contribution in [-0.2, 0) is 0 Å². The molecule has 2 N–H and O–H groups in total. The zero-order valence-corrected chi connectivity index (χ0v) is 13.1. The number of hydrogen-bond donors (Lipinski definition) is 2. The highest BCUT2D eigenvalue weighted by Crippen LogP contribution is 2.29. The van der Waals surface area contributed by atoms with Gasteiger partial charge in [-0.25, -0.2) is 0 Å². The normalized spacial score (nSPS) is 9.83. The molecular weight excluding hydrogens is 294 g/mol. The Morgan fingerprint density at radius 3 is 2.78 bits per heavy atom. The number of rotatable bonds is 7. The Kier molecular flexibility index (Phi) is 5.57. The summed E-state index contributed by atoms with van der Waals surface area (Å²) in [6.45, 7) is 4.23. The van der Waals surface area contributed by atoms with Gasteiger partial charge in [0.15, 0.2) is 0 Å². The second-order valence-electron chi connectivity index (χ2n) is 4.65. The number of amides is 1. The number of carbonyl (C=O) groups excluding carboxylic acids is 1. The highest BCUT2D eigenvalue weighted by atomic mass is 16.5. The molecule has 0 aliphatic carbocycles. The number of hydrogen-bond acceptors (Lipinski definition) is 5. The summed E-state index contributed by atoms with van der Waals surface area (Å²) in [6.07, 6.45) is 4.88. The molecule has 1 heterocycles. The van der Waals surface area contributed by atoms with Crippen molar-refractivity contribution >= 4 is 17.3 Å². The van der Waals surface area contributed by atoms with Gasteiger partial charge in [-0.2, -0.15) is 0 Å². The molecule has 6 heteroatoms. The third-order valence-corrected chi connectivity index (χ3v) is 3.11. The second-order valence-corrected chi connectivity index (χ2v) is 4.65. The molecule has 1 aromatic heterocycles. The van der Waals surface area contributed by atoms with Crippen LogP contribution in [-0.4, -0.2) is 31.7 Å². The summed E-state index contributed by atoms with van der Waals surface area (Å²) in [6, 6.07) is 6.91. The first-order valence-electron chi connectivity index (χ1n) is 7.01. The molecule has 0 saturated heterocycles. The summed E-state index contributed by atoms with van der Waals surface area (Å²) >= 11 is 0. The molecule has 6 nitrogen and oxygen atoms in total. The zero-order valence-electron chi connectivity index (χ0n) is 13.1. The first-order valence-corrected chi connectivity index (χ1v) is 7.01. The number of aromatic nitrogens is 1. The number of benzene rings is 1. The first-order chi connectivity index (χ1) is 11.2. The third kappa shape index (κ3) is 4.23. The summed E-state index contributed by atoms with van der Waals surface area (Å²) in [5.41, 5.74) is 1.71. The molecule has 120 valence electrons. The Hall–Kier alpha value is -3.02. The van der Waals surface area contributed by atoms with Crippen LogP contribution in [0.1, 0.15) is 10.4 Å². The van der Waals surface area contributed by atoms with Crippen LogP contribution in [0.2, 0.25) is 0 Å². The van der Waals surface area contributed by atoms with Crippen molar-refractivity contribution in [2.24, 2.45) is 0 Å². The Balaban J connectivity index is 2.20. The average molecular weight is 313 g/mol. The van der Waals surface area contributed by atoms with Crippen LogP contribution in [0.3, 0.4) is 0 Å². The summed E-state index contributed by atoms with van der Waals surface area (Å²) in [5, 5.41) is 5.89. The van der Waals surface area contributed by atoms with Gasteiger partial charge < -0.3 is 20.1 Å². The van der Waals surface area contributed by atoms with Gasteiger partial charge in [0.25, 0.3) is 5.91 Å². The Labute approximate surface area is 135 Å². The minimum absolute atomic E-state index is 0.286. The second kappa shape index (κ2) is 7.84. The number of pyridine rings is 1. The molecule has 0 atom stereocenters. The third-order valence-electron chi connectivity index (χ3n) is 3.11. The summed E-state index contributed by atoms with van der Waals surface area (Å²) in [7, 11) is 3.10. The number of nitrogens with zero attached hydrogens (tertiary/aromatic N) is 1. The minimum atomic E-state index is -0.286. The van der Waals surface area contributed by atoms with E-state index in [0.717, 1.165) is 5.69 Å². The molecule has 1 amide bonds. The fraction of sp³-hybridized carbons (Fsp3) is 0.176. The smallest absolute Gasteiger partial charge is 0.257 e. The Morgan fingerprint density at radius 1 is 1.26 bits per heavy atom. The SMILES string of the molecule is C=CCNc1cncc(C(=O)Nc2cc(OC)ccc2OC)c1. The van der Waals surface area contributed by atoms with E-state index < -0.39 is 0 Å². The molecule has 0 fully saturated rings. The molecule has 2 rings (SSSR count). The van der Waals surface area contributed by atoms with Gasteiger partial charge in [0, 0.05) is 25.0 Å². The van der Waals surface area contributed by atoms with E-state index in [1.54, 1.807) is 50.8 Å². The highest BCUT2D eigenvalue weighted by molar-refractivity contribution is 6.05. The molecule has 0 spiro atoms. The molecular formula is C17H19N3O3. The van der Waals surface area contributed by atoms with Gasteiger partial charge in [-0.15, -0.1) is 6.58 Å². The number of nitrogens with one attached hydrogen (secondary N) is 2. The average Bonchev–Trinajstić information content (AvgIpc) is 2.60. The lowest BCUT2D eigenvalue weighted by molar-refractivity contribution is 0.102. The van der Waals surface area contributed by atoms with Gasteiger partial charge >= 0.3 is 0 Å². The maximum atomic E-state index is 12.4. The van der Waals surface area contributed by atoms with Gasteiger partial charge in [-0.3, -0.25) is 9.78 Å². The van der Waals surface area contributed by atoms with Crippen molar-refractivity contribution in [3.05, 3.63) is 54.9 Å². The molecule has 2 aromatic rings. The molecule has 0 radical (unpaired) electrons. The number of ether oxygens (including phenoxy) is 2. The van der Waals surface area contributed by atoms with Crippen LogP contribution in [0.4, 0.5) is 11.4 Å². The largest absolute Gasteiger partial charge is 0.497 e. The van der Waals surface area contributed by atoms with Crippen molar-refractivity contribution in [3.8, 4) is 11.5 Å². The fourth-order valence-corrected chi connectivity index (χ4v) is 1.96. The Bertz CT molecular complexity index is 701. The molecule has 0 bridgehead atoms. The van der Waals surface area contributed by atoms with E-state index >= 15 is 0 Å². The van der Waals surface area contributed by atoms with Gasteiger partial charge in [-0.05, 0) is 18.2 Å². The Morgan fingerprint density at radius 2 is 2.09 bits per heavy atom. The van der Waals surface area contributed by atoms with E-state index in [2.05, 4.69) is 22.2 Å². The maximum absolute atomic E-state index is 12.4. The quantitative estimate of drug-likeness (QED) is 0.769. The number of anilines is 2. The lowest BCUT2D eigenvalue weighted by Crippen LogP contribution is -2.13. The summed E-state index contributed by atoms with van der Waals surface area (Å²) in [5.74, 6) is 0.889. The van der Waals surface area contributed by atoms with Gasteiger partial charge in [0.2, 0.25) is 0 Å². The predicted octanol–water partition coefficient (Wildman–Crippen LogP) is 2.95. The summed E-state index contributed by atoms with van der Waals surface area (Å²) < 4.78 is 10.4. The van der Waals surface area contributed by atoms with Crippen molar-refractivity contribution in [2.75, 3.05) is 31.4 Å². The van der Waals surface area contributed by atoms with Crippen molar-refractivity contribution in [3.63, 3.8) is 0 Å². The molecule has 0 aliphatic heterocycles. The molecule has 0 unspecified atom stereocenters. The van der Waals surface area contributed by atoms with E-state index in [9.17, 15) is 4.79 Å².